The predicted octanol–water partition coefficient (Wildman–Crippen LogP) is 1.24. The highest BCUT2D eigenvalue weighted by molar-refractivity contribution is 7.92. The number of benzene rings is 1. The zero-order valence-corrected chi connectivity index (χ0v) is 14.3. The van der Waals surface area contributed by atoms with Crippen LogP contribution in [0.5, 0.6) is 0 Å². The highest BCUT2D eigenvalue weighted by Crippen LogP contribution is 2.13. The summed E-state index contributed by atoms with van der Waals surface area (Å²) in [6, 6.07) is 9.25. The van der Waals surface area contributed by atoms with E-state index in [0.717, 1.165) is 5.56 Å². The van der Waals surface area contributed by atoms with Crippen LogP contribution < -0.4 is 0 Å². The van der Waals surface area contributed by atoms with Gasteiger partial charge in [0.25, 0.3) is 5.91 Å². The molecule has 1 aromatic carbocycles. The fourth-order valence-corrected chi connectivity index (χ4v) is 3.71. The molecular weight excluding hydrogens is 340 g/mol. The van der Waals surface area contributed by atoms with Crippen LogP contribution in [0, 0.1) is 0 Å². The molecule has 0 saturated carbocycles. The van der Waals surface area contributed by atoms with Gasteiger partial charge in [-0.15, -0.1) is 0 Å². The molecule has 2 aromatic rings. The first kappa shape index (κ1) is 17.2. The molecule has 0 atom stereocenters. The second kappa shape index (κ2) is 7.54. The number of amides is 1. The molecule has 1 amide bonds. The van der Waals surface area contributed by atoms with Crippen molar-refractivity contribution in [3.63, 3.8) is 0 Å². The smallest absolute Gasteiger partial charge is 0.274 e. The molecule has 1 aliphatic heterocycles. The Balaban J connectivity index is 1.61. The van der Waals surface area contributed by atoms with Crippen LogP contribution >= 0.6 is 0 Å². The van der Waals surface area contributed by atoms with Crippen LogP contribution in [-0.2, 0) is 10.0 Å². The van der Waals surface area contributed by atoms with Crippen LogP contribution in [0.4, 0.5) is 0 Å². The summed E-state index contributed by atoms with van der Waals surface area (Å²) in [7, 11) is -3.51. The lowest BCUT2D eigenvalue weighted by Gasteiger charge is -2.33. The maximum atomic E-state index is 12.4. The molecule has 1 aromatic heterocycles. The Morgan fingerprint density at radius 1 is 1.04 bits per heavy atom. The van der Waals surface area contributed by atoms with Gasteiger partial charge in [0, 0.05) is 44.0 Å². The van der Waals surface area contributed by atoms with Gasteiger partial charge in [-0.05, 0) is 11.6 Å². The molecule has 130 valence electrons. The summed E-state index contributed by atoms with van der Waals surface area (Å²) < 4.78 is 26.2. The van der Waals surface area contributed by atoms with E-state index in [2.05, 4.69) is 9.97 Å². The Labute approximate surface area is 146 Å². The van der Waals surface area contributed by atoms with E-state index in [4.69, 9.17) is 0 Å². The normalized spacial score (nSPS) is 16.2. The van der Waals surface area contributed by atoms with Crippen LogP contribution in [0.2, 0.25) is 0 Å². The molecule has 7 nitrogen and oxygen atoms in total. The SMILES string of the molecule is O=C(c1cnccn1)N1CCN(S(=O)(=O)/C=C/c2ccccc2)CC1. The number of carbonyl (C=O) groups is 1. The molecule has 1 saturated heterocycles. The molecule has 0 radical (unpaired) electrons. The quantitative estimate of drug-likeness (QED) is 0.821. The number of nitrogens with zero attached hydrogens (tertiary/aromatic N) is 4. The Bertz CT molecular complexity index is 846. The van der Waals surface area contributed by atoms with Crippen molar-refractivity contribution >= 4 is 22.0 Å². The van der Waals surface area contributed by atoms with Crippen LogP contribution in [-0.4, -0.2) is 59.7 Å². The summed E-state index contributed by atoms with van der Waals surface area (Å²) >= 11 is 0. The minimum atomic E-state index is -3.51. The summed E-state index contributed by atoms with van der Waals surface area (Å²) in [5.74, 6) is -0.232. The number of hydrogen-bond donors (Lipinski definition) is 0. The van der Waals surface area contributed by atoms with E-state index in [9.17, 15) is 13.2 Å². The highest BCUT2D eigenvalue weighted by atomic mass is 32.2. The lowest BCUT2D eigenvalue weighted by Crippen LogP contribution is -2.50. The maximum Gasteiger partial charge on any atom is 0.274 e. The van der Waals surface area contributed by atoms with E-state index in [1.807, 2.05) is 30.3 Å². The molecule has 0 spiro atoms. The molecule has 1 fully saturated rings. The zero-order chi connectivity index (χ0) is 17.7. The van der Waals surface area contributed by atoms with Gasteiger partial charge in [-0.25, -0.2) is 13.4 Å². The van der Waals surface area contributed by atoms with Crippen LogP contribution in [0.25, 0.3) is 6.08 Å². The van der Waals surface area contributed by atoms with Gasteiger partial charge in [-0.3, -0.25) is 9.78 Å². The maximum absolute atomic E-state index is 12.4. The number of rotatable bonds is 4. The van der Waals surface area contributed by atoms with Crippen molar-refractivity contribution in [2.24, 2.45) is 0 Å². The van der Waals surface area contributed by atoms with Crippen molar-refractivity contribution in [1.82, 2.24) is 19.2 Å². The third kappa shape index (κ3) is 4.28. The van der Waals surface area contributed by atoms with Gasteiger partial charge in [-0.2, -0.15) is 4.31 Å². The highest BCUT2D eigenvalue weighted by Gasteiger charge is 2.28. The molecule has 25 heavy (non-hydrogen) atoms. The van der Waals surface area contributed by atoms with E-state index >= 15 is 0 Å². The number of piperazine rings is 1. The van der Waals surface area contributed by atoms with Crippen LogP contribution in [0.3, 0.4) is 0 Å². The third-order valence-corrected chi connectivity index (χ3v) is 5.47. The van der Waals surface area contributed by atoms with E-state index in [0.29, 0.717) is 13.1 Å². The lowest BCUT2D eigenvalue weighted by molar-refractivity contribution is 0.0692. The first-order valence-electron chi connectivity index (χ1n) is 7.85. The van der Waals surface area contributed by atoms with Gasteiger partial charge in [0.1, 0.15) is 5.69 Å². The topological polar surface area (TPSA) is 83.5 Å². The van der Waals surface area contributed by atoms with Crippen LogP contribution in [0.1, 0.15) is 16.1 Å². The number of sulfonamides is 1. The van der Waals surface area contributed by atoms with E-state index in [1.54, 1.807) is 11.0 Å². The van der Waals surface area contributed by atoms with Crippen molar-refractivity contribution in [2.45, 2.75) is 0 Å². The van der Waals surface area contributed by atoms with Gasteiger partial charge < -0.3 is 4.90 Å². The van der Waals surface area contributed by atoms with Crippen molar-refractivity contribution in [2.75, 3.05) is 26.2 Å². The fraction of sp³-hybridized carbons (Fsp3) is 0.235. The van der Waals surface area contributed by atoms with E-state index < -0.39 is 10.0 Å². The predicted molar refractivity (Wildman–Crippen MR) is 93.9 cm³/mol. The number of hydrogen-bond acceptors (Lipinski definition) is 5. The van der Waals surface area contributed by atoms with Crippen molar-refractivity contribution < 1.29 is 13.2 Å². The van der Waals surface area contributed by atoms with Gasteiger partial charge >= 0.3 is 0 Å². The average Bonchev–Trinajstić information content (AvgIpc) is 2.67. The Kier molecular flexibility index (Phi) is 5.20. The molecule has 2 heterocycles. The summed E-state index contributed by atoms with van der Waals surface area (Å²) in [6.45, 7) is 1.17. The first-order chi connectivity index (χ1) is 12.1. The lowest BCUT2D eigenvalue weighted by atomic mass is 10.2. The van der Waals surface area contributed by atoms with E-state index in [-0.39, 0.29) is 24.7 Å². The summed E-state index contributed by atoms with van der Waals surface area (Å²) in [5.41, 5.74) is 1.09. The number of carbonyl (C=O) groups excluding carboxylic acids is 1. The minimum absolute atomic E-state index is 0.232. The molecular formula is C17H18N4O3S. The second-order valence-electron chi connectivity index (χ2n) is 5.54. The number of aromatic nitrogens is 2. The molecule has 0 N–H and O–H groups in total. The van der Waals surface area contributed by atoms with Gasteiger partial charge in [0.2, 0.25) is 10.0 Å². The standard InChI is InChI=1S/C17H18N4O3S/c22-17(16-14-18-7-8-19-16)20-9-11-21(12-10-20)25(23,24)13-6-15-4-2-1-3-5-15/h1-8,13-14H,9-12H2/b13-6+. The molecule has 3 rings (SSSR count). The molecule has 0 aliphatic carbocycles. The van der Waals surface area contributed by atoms with Gasteiger partial charge in [-0.1, -0.05) is 30.3 Å². The first-order valence-corrected chi connectivity index (χ1v) is 9.35. The van der Waals surface area contributed by atoms with Gasteiger partial charge in [0.05, 0.1) is 6.20 Å². The summed E-state index contributed by atoms with van der Waals surface area (Å²) in [6.07, 6.45) is 5.95. The monoisotopic (exact) mass is 358 g/mol. The zero-order valence-electron chi connectivity index (χ0n) is 13.5. The van der Waals surface area contributed by atoms with Crippen molar-refractivity contribution in [3.8, 4) is 0 Å². The summed E-state index contributed by atoms with van der Waals surface area (Å²) in [5, 5.41) is 1.21. The summed E-state index contributed by atoms with van der Waals surface area (Å²) in [4.78, 5) is 21.8. The Morgan fingerprint density at radius 2 is 1.76 bits per heavy atom. The van der Waals surface area contributed by atoms with Crippen LogP contribution in [0.15, 0.2) is 54.3 Å². The van der Waals surface area contributed by atoms with Gasteiger partial charge in [0.15, 0.2) is 0 Å². The fourth-order valence-electron chi connectivity index (χ4n) is 2.53. The molecule has 0 bridgehead atoms. The average molecular weight is 358 g/mol. The largest absolute Gasteiger partial charge is 0.335 e. The second-order valence-corrected chi connectivity index (χ2v) is 7.36. The molecule has 8 heteroatoms. The third-order valence-electron chi connectivity index (χ3n) is 3.90. The minimum Gasteiger partial charge on any atom is -0.335 e. The van der Waals surface area contributed by atoms with E-state index in [1.165, 1.54) is 28.3 Å². The van der Waals surface area contributed by atoms with Crippen molar-refractivity contribution in [3.05, 3.63) is 65.6 Å². The Hall–Kier alpha value is -2.58. The Morgan fingerprint density at radius 3 is 2.40 bits per heavy atom. The van der Waals surface area contributed by atoms with Crippen molar-refractivity contribution in [1.29, 1.82) is 0 Å². The molecule has 1 aliphatic rings. The molecule has 0 unspecified atom stereocenters.